The molecule has 0 aromatic heterocycles. The van der Waals surface area contributed by atoms with Gasteiger partial charge in [-0.05, 0) is 42.3 Å². The summed E-state index contributed by atoms with van der Waals surface area (Å²) in [5.74, 6) is 1.04. The fraction of sp³-hybridized carbons (Fsp3) is 0.194. The molecule has 1 aliphatic rings. The minimum atomic E-state index is -0.550. The Balaban J connectivity index is 1.80. The van der Waals surface area contributed by atoms with E-state index in [0.717, 1.165) is 24.6 Å². The van der Waals surface area contributed by atoms with Crippen LogP contribution in [0, 0.1) is 6.92 Å². The summed E-state index contributed by atoms with van der Waals surface area (Å²) >= 11 is 1.85. The van der Waals surface area contributed by atoms with Crippen molar-refractivity contribution in [3.8, 4) is 0 Å². The van der Waals surface area contributed by atoms with Gasteiger partial charge < -0.3 is 9.64 Å². The van der Waals surface area contributed by atoms with E-state index in [-0.39, 0.29) is 0 Å². The molecule has 4 aromatic carbocycles. The summed E-state index contributed by atoms with van der Waals surface area (Å²) in [6.07, 6.45) is 0. The van der Waals surface area contributed by atoms with E-state index in [1.54, 1.807) is 0 Å². The first-order valence-electron chi connectivity index (χ1n) is 12.1. The zero-order chi connectivity index (χ0) is 23.9. The van der Waals surface area contributed by atoms with Gasteiger partial charge in [-0.1, -0.05) is 96.6 Å². The molecule has 3 nitrogen and oxygen atoms in total. The molecule has 0 spiro atoms. The highest BCUT2D eigenvalue weighted by Crippen LogP contribution is 2.49. The number of ether oxygens (including phenoxy) is 1. The van der Waals surface area contributed by atoms with Gasteiger partial charge >= 0.3 is 0 Å². The van der Waals surface area contributed by atoms with Gasteiger partial charge in [0.15, 0.2) is 0 Å². The molecule has 0 radical (unpaired) electrons. The Morgan fingerprint density at radius 1 is 0.714 bits per heavy atom. The van der Waals surface area contributed by atoms with Crippen LogP contribution in [0.15, 0.2) is 125 Å². The molecule has 0 aliphatic carbocycles. The summed E-state index contributed by atoms with van der Waals surface area (Å²) in [6, 6.07) is 40.7. The second-order valence-electron chi connectivity index (χ2n) is 8.70. The zero-order valence-electron chi connectivity index (χ0n) is 20.0. The molecule has 0 N–H and O–H groups in total. The Kier molecular flexibility index (Phi) is 7.31. The van der Waals surface area contributed by atoms with Crippen molar-refractivity contribution in [2.75, 3.05) is 26.3 Å². The lowest BCUT2D eigenvalue weighted by Crippen LogP contribution is -2.50. The van der Waals surface area contributed by atoms with E-state index in [1.807, 2.05) is 11.8 Å². The van der Waals surface area contributed by atoms with Crippen molar-refractivity contribution in [3.05, 3.63) is 132 Å². The average molecular weight is 479 g/mol. The van der Waals surface area contributed by atoms with Crippen molar-refractivity contribution in [1.29, 1.82) is 0 Å². The SMILES string of the molecule is Cc1ccc(N=C(N2CCOCC2)C(Sc2ccccc2)(c2ccccc2)c2ccccc2)cc1. The van der Waals surface area contributed by atoms with Gasteiger partial charge in [0.1, 0.15) is 10.6 Å². The summed E-state index contributed by atoms with van der Waals surface area (Å²) in [5, 5.41) is 0. The Morgan fingerprint density at radius 3 is 1.77 bits per heavy atom. The van der Waals surface area contributed by atoms with Crippen LogP contribution in [0.3, 0.4) is 0 Å². The van der Waals surface area contributed by atoms with Crippen molar-refractivity contribution in [2.24, 2.45) is 4.99 Å². The zero-order valence-corrected chi connectivity index (χ0v) is 20.8. The number of hydrogen-bond donors (Lipinski definition) is 0. The highest BCUT2D eigenvalue weighted by molar-refractivity contribution is 8.01. The van der Waals surface area contributed by atoms with Gasteiger partial charge in [0, 0.05) is 18.0 Å². The third kappa shape index (κ3) is 5.19. The maximum Gasteiger partial charge on any atom is 0.131 e. The van der Waals surface area contributed by atoms with Gasteiger partial charge in [0.2, 0.25) is 0 Å². The molecule has 4 aromatic rings. The van der Waals surface area contributed by atoms with E-state index in [1.165, 1.54) is 21.6 Å². The van der Waals surface area contributed by atoms with E-state index < -0.39 is 4.75 Å². The summed E-state index contributed by atoms with van der Waals surface area (Å²) < 4.78 is 5.21. The largest absolute Gasteiger partial charge is 0.378 e. The molecule has 1 saturated heterocycles. The van der Waals surface area contributed by atoms with Gasteiger partial charge in [-0.15, -0.1) is 11.8 Å². The molecule has 0 unspecified atom stereocenters. The lowest BCUT2D eigenvalue weighted by molar-refractivity contribution is 0.0667. The molecular weight excluding hydrogens is 448 g/mol. The summed E-state index contributed by atoms with van der Waals surface area (Å²) in [5.41, 5.74) is 4.60. The molecule has 5 rings (SSSR count). The molecule has 1 fully saturated rings. The standard InChI is InChI=1S/C31H30N2OS/c1-25-17-19-28(20-18-25)32-30(33-21-23-34-24-22-33)31(26-11-5-2-6-12-26,27-13-7-3-8-14-27)35-29-15-9-4-10-16-29/h2-20H,21-24H2,1H3. The molecule has 1 aliphatic heterocycles. The number of hydrogen-bond acceptors (Lipinski definition) is 3. The molecule has 0 saturated carbocycles. The lowest BCUT2D eigenvalue weighted by atomic mass is 9.88. The van der Waals surface area contributed by atoms with Crippen LogP contribution in [-0.4, -0.2) is 37.0 Å². The van der Waals surface area contributed by atoms with Crippen LogP contribution in [0.25, 0.3) is 0 Å². The quantitative estimate of drug-likeness (QED) is 0.168. The molecule has 35 heavy (non-hydrogen) atoms. The van der Waals surface area contributed by atoms with Gasteiger partial charge in [-0.3, -0.25) is 0 Å². The van der Waals surface area contributed by atoms with Crippen LogP contribution >= 0.6 is 11.8 Å². The maximum atomic E-state index is 5.75. The molecule has 0 atom stereocenters. The normalized spacial score (nSPS) is 14.7. The summed E-state index contributed by atoms with van der Waals surface area (Å²) in [6.45, 7) is 5.12. The minimum absolute atomic E-state index is 0.550. The van der Waals surface area contributed by atoms with Crippen LogP contribution in [0.5, 0.6) is 0 Å². The first-order valence-corrected chi connectivity index (χ1v) is 12.9. The van der Waals surface area contributed by atoms with Crippen LogP contribution in [-0.2, 0) is 9.48 Å². The fourth-order valence-electron chi connectivity index (χ4n) is 4.49. The Morgan fingerprint density at radius 2 is 1.23 bits per heavy atom. The van der Waals surface area contributed by atoms with Crippen molar-refractivity contribution in [1.82, 2.24) is 4.90 Å². The third-order valence-corrected chi connectivity index (χ3v) is 7.74. The minimum Gasteiger partial charge on any atom is -0.378 e. The summed E-state index contributed by atoms with van der Waals surface area (Å²) in [7, 11) is 0. The number of amidine groups is 1. The van der Waals surface area contributed by atoms with E-state index in [4.69, 9.17) is 9.73 Å². The van der Waals surface area contributed by atoms with Crippen molar-refractivity contribution in [2.45, 2.75) is 16.6 Å². The first kappa shape index (κ1) is 23.4. The lowest BCUT2D eigenvalue weighted by Gasteiger charge is -2.42. The van der Waals surface area contributed by atoms with Crippen LogP contribution in [0.2, 0.25) is 0 Å². The molecule has 176 valence electrons. The number of rotatable bonds is 6. The van der Waals surface area contributed by atoms with E-state index >= 15 is 0 Å². The highest BCUT2D eigenvalue weighted by atomic mass is 32.2. The second kappa shape index (κ2) is 10.9. The number of nitrogens with zero attached hydrogens (tertiary/aromatic N) is 2. The van der Waals surface area contributed by atoms with Gasteiger partial charge in [-0.2, -0.15) is 0 Å². The predicted molar refractivity (Wildman–Crippen MR) is 147 cm³/mol. The molecule has 1 heterocycles. The fourth-order valence-corrected chi connectivity index (χ4v) is 5.91. The molecule has 0 bridgehead atoms. The third-order valence-electron chi connectivity index (χ3n) is 6.27. The second-order valence-corrected chi connectivity index (χ2v) is 9.99. The number of benzene rings is 4. The maximum absolute atomic E-state index is 5.75. The van der Waals surface area contributed by atoms with Crippen molar-refractivity contribution >= 4 is 23.3 Å². The van der Waals surface area contributed by atoms with Crippen LogP contribution in [0.4, 0.5) is 5.69 Å². The van der Waals surface area contributed by atoms with Gasteiger partial charge in [-0.25, -0.2) is 4.99 Å². The number of morpholine rings is 1. The molecular formula is C31H30N2OS. The van der Waals surface area contributed by atoms with E-state index in [2.05, 4.69) is 127 Å². The van der Waals surface area contributed by atoms with Crippen LogP contribution < -0.4 is 0 Å². The monoisotopic (exact) mass is 478 g/mol. The molecule has 0 amide bonds. The highest BCUT2D eigenvalue weighted by Gasteiger charge is 2.44. The summed E-state index contributed by atoms with van der Waals surface area (Å²) in [4.78, 5) is 9.03. The average Bonchev–Trinajstić information content (AvgIpc) is 2.94. The Bertz CT molecular complexity index is 1200. The number of aliphatic imine (C=N–C) groups is 1. The van der Waals surface area contributed by atoms with Crippen LogP contribution in [0.1, 0.15) is 16.7 Å². The van der Waals surface area contributed by atoms with E-state index in [0.29, 0.717) is 13.2 Å². The Labute approximate surface area is 212 Å². The topological polar surface area (TPSA) is 24.8 Å². The van der Waals surface area contributed by atoms with Crippen molar-refractivity contribution < 1.29 is 4.74 Å². The van der Waals surface area contributed by atoms with Gasteiger partial charge in [0.05, 0.1) is 18.9 Å². The smallest absolute Gasteiger partial charge is 0.131 e. The molecule has 4 heteroatoms. The van der Waals surface area contributed by atoms with Crippen molar-refractivity contribution in [3.63, 3.8) is 0 Å². The predicted octanol–water partition coefficient (Wildman–Crippen LogP) is 7.09. The first-order chi connectivity index (χ1) is 17.3. The van der Waals surface area contributed by atoms with Gasteiger partial charge in [0.25, 0.3) is 0 Å². The Hall–Kier alpha value is -3.34. The number of aryl methyl sites for hydroxylation is 1. The van der Waals surface area contributed by atoms with E-state index in [9.17, 15) is 0 Å². The number of thioether (sulfide) groups is 1.